The van der Waals surface area contributed by atoms with Gasteiger partial charge < -0.3 is 9.32 Å². The molecule has 1 unspecified atom stereocenters. The van der Waals surface area contributed by atoms with Gasteiger partial charge in [0.1, 0.15) is 5.52 Å². The number of oxazole rings is 1. The maximum atomic E-state index is 12.1. The summed E-state index contributed by atoms with van der Waals surface area (Å²) in [6, 6.07) is 6.06. The normalized spacial score (nSPS) is 22.6. The van der Waals surface area contributed by atoms with Gasteiger partial charge in [-0.3, -0.25) is 4.79 Å². The zero-order valence-electron chi connectivity index (χ0n) is 11.6. The van der Waals surface area contributed by atoms with Crippen LogP contribution >= 0.6 is 0 Å². The van der Waals surface area contributed by atoms with Gasteiger partial charge in [-0.25, -0.2) is 4.98 Å². The van der Waals surface area contributed by atoms with E-state index in [1.165, 1.54) is 5.56 Å². The highest BCUT2D eigenvalue weighted by atomic mass is 16.3. The maximum absolute atomic E-state index is 12.1. The molecular formula is C16H18N2O2. The summed E-state index contributed by atoms with van der Waals surface area (Å²) in [5, 5.41) is 0. The molecule has 4 nitrogen and oxygen atoms in total. The minimum absolute atomic E-state index is 0.255. The second-order valence-electron chi connectivity index (χ2n) is 6.07. The van der Waals surface area contributed by atoms with Gasteiger partial charge in [0.05, 0.1) is 5.92 Å². The Morgan fingerprint density at radius 3 is 3.00 bits per heavy atom. The molecule has 2 heterocycles. The molecule has 1 aromatic heterocycles. The van der Waals surface area contributed by atoms with Gasteiger partial charge in [-0.1, -0.05) is 6.07 Å². The van der Waals surface area contributed by atoms with Gasteiger partial charge in [0.15, 0.2) is 11.5 Å². The Labute approximate surface area is 117 Å². The van der Waals surface area contributed by atoms with Crippen LogP contribution in [0.5, 0.6) is 0 Å². The number of hydrogen-bond acceptors (Lipinski definition) is 3. The predicted octanol–water partition coefficient (Wildman–Crippen LogP) is 2.86. The van der Waals surface area contributed by atoms with E-state index in [2.05, 4.69) is 11.9 Å². The van der Waals surface area contributed by atoms with Crippen molar-refractivity contribution in [2.45, 2.75) is 32.1 Å². The van der Waals surface area contributed by atoms with E-state index in [4.69, 9.17) is 4.42 Å². The quantitative estimate of drug-likeness (QED) is 0.843. The lowest BCUT2D eigenvalue weighted by Gasteiger charge is -2.15. The summed E-state index contributed by atoms with van der Waals surface area (Å²) in [7, 11) is 0. The first-order valence-corrected chi connectivity index (χ1v) is 7.36. The van der Waals surface area contributed by atoms with Crippen molar-refractivity contribution in [1.82, 2.24) is 9.88 Å². The van der Waals surface area contributed by atoms with Crippen LogP contribution < -0.4 is 0 Å². The third kappa shape index (κ3) is 1.99. The molecule has 0 spiro atoms. The van der Waals surface area contributed by atoms with Crippen molar-refractivity contribution < 1.29 is 9.21 Å². The fourth-order valence-electron chi connectivity index (χ4n) is 2.98. The van der Waals surface area contributed by atoms with E-state index in [0.717, 1.165) is 49.3 Å². The van der Waals surface area contributed by atoms with Crippen LogP contribution in [-0.4, -0.2) is 28.9 Å². The fraction of sp³-hybridized carbons (Fsp3) is 0.500. The van der Waals surface area contributed by atoms with Crippen LogP contribution in [0.15, 0.2) is 22.6 Å². The fourth-order valence-corrected chi connectivity index (χ4v) is 2.98. The number of benzene rings is 1. The molecule has 0 radical (unpaired) electrons. The molecule has 20 heavy (non-hydrogen) atoms. The van der Waals surface area contributed by atoms with E-state index < -0.39 is 0 Å². The second-order valence-corrected chi connectivity index (χ2v) is 6.07. The van der Waals surface area contributed by atoms with E-state index in [-0.39, 0.29) is 5.92 Å². The van der Waals surface area contributed by atoms with Gasteiger partial charge in [0.2, 0.25) is 5.91 Å². The molecule has 2 aliphatic rings. The summed E-state index contributed by atoms with van der Waals surface area (Å²) >= 11 is 0. The third-order valence-corrected chi connectivity index (χ3v) is 4.34. The van der Waals surface area contributed by atoms with Crippen LogP contribution in [0.1, 0.15) is 36.6 Å². The number of likely N-dealkylation sites (tertiary alicyclic amines) is 1. The molecule has 104 valence electrons. The van der Waals surface area contributed by atoms with Gasteiger partial charge in [-0.2, -0.15) is 0 Å². The molecule has 0 N–H and O–H groups in total. The average Bonchev–Trinajstić information content (AvgIpc) is 3.01. The lowest BCUT2D eigenvalue weighted by atomic mass is 10.1. The molecule has 2 fully saturated rings. The summed E-state index contributed by atoms with van der Waals surface area (Å²) in [6.45, 7) is 3.66. The Morgan fingerprint density at radius 1 is 1.35 bits per heavy atom. The molecule has 1 saturated heterocycles. The number of carbonyl (C=O) groups excluding carboxylic acids is 1. The lowest BCUT2D eigenvalue weighted by molar-refractivity contribution is -0.131. The van der Waals surface area contributed by atoms with Crippen molar-refractivity contribution in [1.29, 1.82) is 0 Å². The van der Waals surface area contributed by atoms with Crippen LogP contribution in [-0.2, 0) is 4.79 Å². The van der Waals surface area contributed by atoms with Gasteiger partial charge in [0, 0.05) is 19.0 Å². The average molecular weight is 270 g/mol. The van der Waals surface area contributed by atoms with Crippen molar-refractivity contribution in [2.75, 3.05) is 13.1 Å². The Balaban J connectivity index is 1.56. The monoisotopic (exact) mass is 270 g/mol. The molecule has 4 heteroatoms. The van der Waals surface area contributed by atoms with E-state index in [9.17, 15) is 4.79 Å². The highest BCUT2D eigenvalue weighted by Crippen LogP contribution is 2.35. The van der Waals surface area contributed by atoms with Gasteiger partial charge in [-0.05, 0) is 43.9 Å². The molecule has 4 rings (SSSR count). The molecule has 1 saturated carbocycles. The van der Waals surface area contributed by atoms with Crippen molar-refractivity contribution >= 4 is 17.0 Å². The van der Waals surface area contributed by atoms with Crippen LogP contribution in [0.2, 0.25) is 0 Å². The number of aromatic nitrogens is 1. The largest absolute Gasteiger partial charge is 0.440 e. The zero-order valence-corrected chi connectivity index (χ0v) is 11.6. The van der Waals surface area contributed by atoms with Crippen molar-refractivity contribution in [3.63, 3.8) is 0 Å². The number of aryl methyl sites for hydroxylation is 1. The first-order valence-electron chi connectivity index (χ1n) is 7.36. The lowest BCUT2D eigenvalue weighted by Crippen LogP contribution is -2.29. The number of carbonyl (C=O) groups is 1. The van der Waals surface area contributed by atoms with E-state index in [0.29, 0.717) is 11.8 Å². The van der Waals surface area contributed by atoms with E-state index in [1.807, 2.05) is 23.1 Å². The Kier molecular flexibility index (Phi) is 2.59. The highest BCUT2D eigenvalue weighted by molar-refractivity contribution is 5.81. The number of rotatable bonds is 2. The van der Waals surface area contributed by atoms with Crippen LogP contribution in [0, 0.1) is 12.8 Å². The van der Waals surface area contributed by atoms with Crippen molar-refractivity contribution in [3.8, 4) is 0 Å². The molecule has 1 aliphatic heterocycles. The topological polar surface area (TPSA) is 46.3 Å². The molecule has 1 atom stereocenters. The number of amides is 1. The summed E-state index contributed by atoms with van der Waals surface area (Å²) in [5.41, 5.74) is 2.96. The van der Waals surface area contributed by atoms with Gasteiger partial charge in [-0.15, -0.1) is 0 Å². The van der Waals surface area contributed by atoms with Crippen LogP contribution in [0.25, 0.3) is 11.1 Å². The SMILES string of the molecule is Cc1ccc2oc(C3CCN(C(=O)C4CC4)C3)nc2c1. The molecule has 2 aromatic rings. The van der Waals surface area contributed by atoms with Crippen LogP contribution in [0.4, 0.5) is 0 Å². The van der Waals surface area contributed by atoms with E-state index >= 15 is 0 Å². The number of fused-ring (bicyclic) bond motifs is 1. The van der Waals surface area contributed by atoms with Crippen molar-refractivity contribution in [2.24, 2.45) is 5.92 Å². The number of nitrogens with zero attached hydrogens (tertiary/aromatic N) is 2. The molecule has 0 bridgehead atoms. The first kappa shape index (κ1) is 11.9. The second kappa shape index (κ2) is 4.33. The van der Waals surface area contributed by atoms with Gasteiger partial charge in [0.25, 0.3) is 0 Å². The predicted molar refractivity (Wildman–Crippen MR) is 75.4 cm³/mol. The minimum atomic E-state index is 0.255. The Hall–Kier alpha value is -1.84. The van der Waals surface area contributed by atoms with Gasteiger partial charge >= 0.3 is 0 Å². The molecule has 1 amide bonds. The Bertz CT molecular complexity index is 672. The first-order chi connectivity index (χ1) is 9.70. The third-order valence-electron chi connectivity index (χ3n) is 4.34. The highest BCUT2D eigenvalue weighted by Gasteiger charge is 2.38. The minimum Gasteiger partial charge on any atom is -0.440 e. The molecule has 1 aliphatic carbocycles. The maximum Gasteiger partial charge on any atom is 0.225 e. The zero-order chi connectivity index (χ0) is 13.7. The smallest absolute Gasteiger partial charge is 0.225 e. The summed E-state index contributed by atoms with van der Waals surface area (Å²) < 4.78 is 5.86. The molecular weight excluding hydrogens is 252 g/mol. The van der Waals surface area contributed by atoms with E-state index in [1.54, 1.807) is 0 Å². The summed E-state index contributed by atoms with van der Waals surface area (Å²) in [5.74, 6) is 1.68. The standard InChI is InChI=1S/C16H18N2O2/c1-10-2-5-14-13(8-10)17-15(20-14)12-6-7-18(9-12)16(19)11-3-4-11/h2,5,8,11-12H,3-4,6-7,9H2,1H3. The molecule has 1 aromatic carbocycles. The summed E-state index contributed by atoms with van der Waals surface area (Å²) in [6.07, 6.45) is 3.11. The number of hydrogen-bond donors (Lipinski definition) is 0. The summed E-state index contributed by atoms with van der Waals surface area (Å²) in [4.78, 5) is 18.7. The Morgan fingerprint density at radius 2 is 2.20 bits per heavy atom. The van der Waals surface area contributed by atoms with Crippen LogP contribution in [0.3, 0.4) is 0 Å². The van der Waals surface area contributed by atoms with Crippen molar-refractivity contribution in [3.05, 3.63) is 29.7 Å².